The van der Waals surface area contributed by atoms with Gasteiger partial charge < -0.3 is 10.4 Å². The molecule has 6 heteroatoms. The average Bonchev–Trinajstić information content (AvgIpc) is 2.32. The molecule has 1 aromatic heterocycles. The highest BCUT2D eigenvalue weighted by molar-refractivity contribution is 9.11. The second-order valence-electron chi connectivity index (χ2n) is 3.51. The number of hydrogen-bond donors (Lipinski definition) is 2. The first kappa shape index (κ1) is 13.0. The third-order valence-corrected chi connectivity index (χ3v) is 3.31. The molecule has 1 amide bonds. The monoisotopic (exact) mass is 370 g/mol. The summed E-state index contributed by atoms with van der Waals surface area (Å²) in [6.07, 6.45) is 2.66. The van der Waals surface area contributed by atoms with Crippen LogP contribution in [0.3, 0.4) is 0 Å². The van der Waals surface area contributed by atoms with Gasteiger partial charge in [0.2, 0.25) is 0 Å². The lowest BCUT2D eigenvalue weighted by Crippen LogP contribution is -2.12. The van der Waals surface area contributed by atoms with E-state index in [-0.39, 0.29) is 11.7 Å². The summed E-state index contributed by atoms with van der Waals surface area (Å²) >= 11 is 6.68. The molecule has 2 rings (SSSR count). The van der Waals surface area contributed by atoms with Gasteiger partial charge in [-0.2, -0.15) is 0 Å². The van der Waals surface area contributed by atoms with Crippen LogP contribution in [0.25, 0.3) is 0 Å². The Morgan fingerprint density at radius 1 is 1.22 bits per heavy atom. The van der Waals surface area contributed by atoms with Crippen molar-refractivity contribution >= 4 is 43.5 Å². The van der Waals surface area contributed by atoms with E-state index >= 15 is 0 Å². The largest absolute Gasteiger partial charge is 0.506 e. The van der Waals surface area contributed by atoms with Crippen molar-refractivity contribution in [3.8, 4) is 5.75 Å². The van der Waals surface area contributed by atoms with Gasteiger partial charge in [0.1, 0.15) is 5.75 Å². The Morgan fingerprint density at radius 2 is 2.00 bits per heavy atom. The number of aromatic hydroxyl groups is 1. The summed E-state index contributed by atoms with van der Waals surface area (Å²) in [5.74, 6) is -0.376. The molecule has 1 heterocycles. The molecular formula is C12H8Br2N2O2. The molecule has 0 spiro atoms. The maximum Gasteiger partial charge on any atom is 0.257 e. The number of rotatable bonds is 2. The summed E-state index contributed by atoms with van der Waals surface area (Å²) < 4.78 is 1.67. The second-order valence-corrected chi connectivity index (χ2v) is 5.28. The van der Waals surface area contributed by atoms with Crippen molar-refractivity contribution in [2.75, 3.05) is 5.32 Å². The first-order valence-corrected chi connectivity index (χ1v) is 6.55. The van der Waals surface area contributed by atoms with Gasteiger partial charge >= 0.3 is 0 Å². The third-order valence-electron chi connectivity index (χ3n) is 2.17. The summed E-state index contributed by atoms with van der Waals surface area (Å²) in [5.41, 5.74) is 0.941. The van der Waals surface area contributed by atoms with Gasteiger partial charge in [0.15, 0.2) is 0 Å². The smallest absolute Gasteiger partial charge is 0.257 e. The SMILES string of the molecule is O=C(Nc1ccc(Br)cc1Br)c1cncc(O)c1. The van der Waals surface area contributed by atoms with Crippen LogP contribution in [0.15, 0.2) is 45.6 Å². The summed E-state index contributed by atoms with van der Waals surface area (Å²) in [5, 5.41) is 12.0. The van der Waals surface area contributed by atoms with Crippen molar-refractivity contribution in [1.29, 1.82) is 0 Å². The van der Waals surface area contributed by atoms with Gasteiger partial charge in [-0.05, 0) is 40.2 Å². The number of aromatic nitrogens is 1. The Kier molecular flexibility index (Phi) is 3.98. The van der Waals surface area contributed by atoms with Crippen molar-refractivity contribution in [3.05, 3.63) is 51.2 Å². The van der Waals surface area contributed by atoms with E-state index in [0.717, 1.165) is 8.95 Å². The van der Waals surface area contributed by atoms with Crippen molar-refractivity contribution in [1.82, 2.24) is 4.98 Å². The van der Waals surface area contributed by atoms with Crippen molar-refractivity contribution in [2.45, 2.75) is 0 Å². The highest BCUT2D eigenvalue weighted by Crippen LogP contribution is 2.26. The second kappa shape index (κ2) is 5.49. The van der Waals surface area contributed by atoms with Gasteiger partial charge in [-0.1, -0.05) is 15.9 Å². The first-order valence-electron chi connectivity index (χ1n) is 4.96. The molecule has 18 heavy (non-hydrogen) atoms. The molecule has 2 N–H and O–H groups in total. The van der Waals surface area contributed by atoms with E-state index in [1.165, 1.54) is 18.5 Å². The average molecular weight is 372 g/mol. The zero-order valence-corrected chi connectivity index (χ0v) is 12.2. The van der Waals surface area contributed by atoms with Gasteiger partial charge in [-0.25, -0.2) is 0 Å². The van der Waals surface area contributed by atoms with Gasteiger partial charge in [-0.3, -0.25) is 9.78 Å². The number of carbonyl (C=O) groups is 1. The fraction of sp³-hybridized carbons (Fsp3) is 0. The molecule has 0 saturated heterocycles. The lowest BCUT2D eigenvalue weighted by Gasteiger charge is -2.07. The van der Waals surface area contributed by atoms with Gasteiger partial charge in [-0.15, -0.1) is 0 Å². The standard InChI is InChI=1S/C12H8Br2N2O2/c13-8-1-2-11(10(14)4-8)16-12(18)7-3-9(17)6-15-5-7/h1-6,17H,(H,16,18). The van der Waals surface area contributed by atoms with E-state index in [2.05, 4.69) is 42.2 Å². The van der Waals surface area contributed by atoms with Gasteiger partial charge in [0.05, 0.1) is 17.4 Å². The fourth-order valence-corrected chi connectivity index (χ4v) is 2.48. The summed E-state index contributed by atoms with van der Waals surface area (Å²) in [6, 6.07) is 6.77. The van der Waals surface area contributed by atoms with E-state index in [1.807, 2.05) is 12.1 Å². The molecule has 1 aromatic carbocycles. The highest BCUT2D eigenvalue weighted by atomic mass is 79.9. The van der Waals surface area contributed by atoms with Crippen LogP contribution >= 0.6 is 31.9 Å². The van der Waals surface area contributed by atoms with Crippen LogP contribution in [-0.4, -0.2) is 16.0 Å². The van der Waals surface area contributed by atoms with E-state index in [4.69, 9.17) is 0 Å². The van der Waals surface area contributed by atoms with Crippen LogP contribution in [-0.2, 0) is 0 Å². The minimum absolute atomic E-state index is 0.0440. The molecule has 2 aromatic rings. The van der Waals surface area contributed by atoms with Crippen LogP contribution in [0.1, 0.15) is 10.4 Å². The lowest BCUT2D eigenvalue weighted by molar-refractivity contribution is 0.102. The topological polar surface area (TPSA) is 62.2 Å². The highest BCUT2D eigenvalue weighted by Gasteiger charge is 2.09. The van der Waals surface area contributed by atoms with E-state index in [9.17, 15) is 9.90 Å². The molecule has 0 aliphatic rings. The number of anilines is 1. The van der Waals surface area contributed by atoms with E-state index in [0.29, 0.717) is 11.3 Å². The Balaban J connectivity index is 2.21. The Labute approximate surface area is 120 Å². The molecule has 0 aliphatic carbocycles. The number of hydrogen-bond acceptors (Lipinski definition) is 3. The molecule has 0 fully saturated rings. The van der Waals surface area contributed by atoms with Crippen LogP contribution in [0.5, 0.6) is 5.75 Å². The van der Waals surface area contributed by atoms with Gasteiger partial charge in [0.25, 0.3) is 5.91 Å². The fourth-order valence-electron chi connectivity index (χ4n) is 1.34. The minimum Gasteiger partial charge on any atom is -0.506 e. The normalized spacial score (nSPS) is 10.1. The quantitative estimate of drug-likeness (QED) is 0.848. The summed E-state index contributed by atoms with van der Waals surface area (Å²) in [7, 11) is 0. The first-order chi connectivity index (χ1) is 8.56. The molecule has 0 saturated carbocycles. The molecular weight excluding hydrogens is 364 g/mol. The zero-order chi connectivity index (χ0) is 13.1. The third kappa shape index (κ3) is 3.08. The van der Waals surface area contributed by atoms with Crippen LogP contribution in [0.4, 0.5) is 5.69 Å². The number of amides is 1. The Morgan fingerprint density at radius 3 is 2.67 bits per heavy atom. The number of benzene rings is 1. The summed E-state index contributed by atoms with van der Waals surface area (Å²) in [6.45, 7) is 0. The Bertz CT molecular complexity index is 602. The van der Waals surface area contributed by atoms with Crippen LogP contribution in [0, 0.1) is 0 Å². The van der Waals surface area contributed by atoms with Crippen LogP contribution in [0.2, 0.25) is 0 Å². The maximum absolute atomic E-state index is 11.9. The maximum atomic E-state index is 11.9. The van der Waals surface area contributed by atoms with Crippen LogP contribution < -0.4 is 5.32 Å². The molecule has 0 aliphatic heterocycles. The number of pyridine rings is 1. The zero-order valence-electron chi connectivity index (χ0n) is 9.02. The molecule has 0 radical (unpaired) electrons. The number of carbonyl (C=O) groups excluding carboxylic acids is 1. The molecule has 4 nitrogen and oxygen atoms in total. The Hall–Kier alpha value is -1.40. The lowest BCUT2D eigenvalue weighted by atomic mass is 10.2. The van der Waals surface area contributed by atoms with Crippen molar-refractivity contribution in [3.63, 3.8) is 0 Å². The molecule has 0 bridgehead atoms. The molecule has 92 valence electrons. The minimum atomic E-state index is -0.332. The number of nitrogens with one attached hydrogen (secondary N) is 1. The predicted molar refractivity (Wildman–Crippen MR) is 75.7 cm³/mol. The predicted octanol–water partition coefficient (Wildman–Crippen LogP) is 3.56. The van der Waals surface area contributed by atoms with Gasteiger partial charge in [0, 0.05) is 15.1 Å². The number of nitrogens with zero attached hydrogens (tertiary/aromatic N) is 1. The summed E-state index contributed by atoms with van der Waals surface area (Å²) in [4.78, 5) is 15.7. The van der Waals surface area contributed by atoms with E-state index < -0.39 is 0 Å². The molecule has 0 unspecified atom stereocenters. The number of halogens is 2. The van der Waals surface area contributed by atoms with E-state index in [1.54, 1.807) is 6.07 Å². The molecule has 0 atom stereocenters. The van der Waals surface area contributed by atoms with Crippen molar-refractivity contribution in [2.24, 2.45) is 0 Å². The van der Waals surface area contributed by atoms with Crippen molar-refractivity contribution < 1.29 is 9.90 Å².